The molecule has 4 aliphatic rings. The number of amides is 1. The van der Waals surface area contributed by atoms with Crippen LogP contribution in [0, 0.1) is 5.41 Å². The van der Waals surface area contributed by atoms with Crippen molar-refractivity contribution in [2.24, 2.45) is 5.41 Å². The van der Waals surface area contributed by atoms with Gasteiger partial charge in [0.15, 0.2) is 0 Å². The molecule has 0 radical (unpaired) electrons. The van der Waals surface area contributed by atoms with Gasteiger partial charge in [0.05, 0.1) is 6.10 Å². The van der Waals surface area contributed by atoms with Crippen molar-refractivity contribution in [1.82, 2.24) is 20.6 Å². The number of anilines is 2. The summed E-state index contributed by atoms with van der Waals surface area (Å²) < 4.78 is 0. The molecule has 1 unspecified atom stereocenters. The highest BCUT2D eigenvalue weighted by Crippen LogP contribution is 2.56. The molecule has 5 N–H and O–H groups in total. The van der Waals surface area contributed by atoms with Crippen LogP contribution in [0.1, 0.15) is 73.0 Å². The van der Waals surface area contributed by atoms with Crippen LogP contribution in [0.2, 0.25) is 0 Å². The monoisotopic (exact) mass is 506 g/mol. The van der Waals surface area contributed by atoms with E-state index in [-0.39, 0.29) is 24.2 Å². The first-order chi connectivity index (χ1) is 18.0. The number of fused-ring (bicyclic) bond motifs is 1. The van der Waals surface area contributed by atoms with Crippen molar-refractivity contribution < 1.29 is 15.0 Å². The number of nitrogens with one attached hydrogen (secondary N) is 3. The molecule has 9 heteroatoms. The molecule has 2 aliphatic heterocycles. The normalized spacial score (nSPS) is 23.5. The fourth-order valence-corrected chi connectivity index (χ4v) is 6.47. The first-order valence-corrected chi connectivity index (χ1v) is 13.9. The van der Waals surface area contributed by atoms with Gasteiger partial charge in [-0.3, -0.25) is 4.79 Å². The quantitative estimate of drug-likeness (QED) is 0.389. The highest BCUT2D eigenvalue weighted by atomic mass is 16.3. The van der Waals surface area contributed by atoms with Gasteiger partial charge in [0.1, 0.15) is 17.3 Å². The van der Waals surface area contributed by atoms with Crippen molar-refractivity contribution in [2.75, 3.05) is 29.9 Å². The lowest BCUT2D eigenvalue weighted by Gasteiger charge is -2.54. The van der Waals surface area contributed by atoms with Crippen LogP contribution < -0.4 is 20.9 Å². The van der Waals surface area contributed by atoms with Crippen LogP contribution in [0.4, 0.5) is 11.8 Å². The molecule has 9 nitrogen and oxygen atoms in total. The van der Waals surface area contributed by atoms with Crippen molar-refractivity contribution >= 4 is 17.7 Å². The number of phenols is 1. The number of nitrogens with zero attached hydrogens (tertiary/aromatic N) is 3. The lowest BCUT2D eigenvalue weighted by atomic mass is 9.54. The molecule has 2 saturated carbocycles. The van der Waals surface area contributed by atoms with E-state index < -0.39 is 6.10 Å². The Kier molecular flexibility index (Phi) is 6.67. The highest BCUT2D eigenvalue weighted by Gasteiger charge is 2.48. The van der Waals surface area contributed by atoms with Crippen molar-refractivity contribution in [3.63, 3.8) is 0 Å². The topological polar surface area (TPSA) is 123 Å². The predicted octanol–water partition coefficient (Wildman–Crippen LogP) is 2.72. The van der Waals surface area contributed by atoms with Crippen LogP contribution in [0.3, 0.4) is 0 Å². The number of hydrogen-bond acceptors (Lipinski definition) is 8. The summed E-state index contributed by atoms with van der Waals surface area (Å²) in [7, 11) is 0. The minimum atomic E-state index is -0.749. The van der Waals surface area contributed by atoms with E-state index in [9.17, 15) is 15.0 Å². The number of piperidine rings is 1. The summed E-state index contributed by atoms with van der Waals surface area (Å²) in [5.41, 5.74) is 3.03. The molecule has 2 atom stereocenters. The van der Waals surface area contributed by atoms with E-state index in [1.807, 2.05) is 6.07 Å². The molecular weight excluding hydrogens is 468 g/mol. The molecule has 0 bridgehead atoms. The molecule has 1 saturated heterocycles. The second-order valence-corrected chi connectivity index (χ2v) is 11.5. The Labute approximate surface area is 218 Å². The molecule has 2 aromatic rings. The zero-order valence-corrected chi connectivity index (χ0v) is 21.4. The number of benzene rings is 1. The van der Waals surface area contributed by atoms with Crippen molar-refractivity contribution in [1.29, 1.82) is 0 Å². The zero-order valence-electron chi connectivity index (χ0n) is 21.4. The first kappa shape index (κ1) is 24.4. The number of aromatic hydroxyl groups is 1. The number of carbonyl (C=O) groups is 1. The molecule has 1 amide bonds. The van der Waals surface area contributed by atoms with Gasteiger partial charge in [0.25, 0.3) is 5.91 Å². The van der Waals surface area contributed by atoms with Crippen LogP contribution in [0.15, 0.2) is 24.3 Å². The Morgan fingerprint density at radius 3 is 2.68 bits per heavy atom. The SMILES string of the molecule is O=C(NCC(O)[C@@H]1Cc2ccc(O)cc2CN1)c1cc(NC2CC3(CCC3)C2)nc(N2CCCCC2)n1. The van der Waals surface area contributed by atoms with Gasteiger partial charge in [0.2, 0.25) is 5.95 Å². The van der Waals surface area contributed by atoms with Crippen LogP contribution in [0.25, 0.3) is 0 Å². The van der Waals surface area contributed by atoms with Crippen LogP contribution in [0.5, 0.6) is 5.75 Å². The maximum atomic E-state index is 13.2. The van der Waals surface area contributed by atoms with Gasteiger partial charge in [-0.15, -0.1) is 0 Å². The maximum absolute atomic E-state index is 13.2. The number of phenolic OH excluding ortho intramolecular Hbond substituents is 1. The molecule has 6 rings (SSSR count). The van der Waals surface area contributed by atoms with Crippen molar-refractivity contribution in [3.05, 3.63) is 41.1 Å². The highest BCUT2D eigenvalue weighted by molar-refractivity contribution is 5.93. The summed E-state index contributed by atoms with van der Waals surface area (Å²) in [5.74, 6) is 1.28. The van der Waals surface area contributed by atoms with E-state index in [1.165, 1.54) is 38.5 Å². The molecule has 3 heterocycles. The minimum absolute atomic E-state index is 0.126. The van der Waals surface area contributed by atoms with E-state index in [0.29, 0.717) is 41.9 Å². The number of aromatic nitrogens is 2. The lowest BCUT2D eigenvalue weighted by molar-refractivity contribution is 0.0191. The maximum Gasteiger partial charge on any atom is 0.270 e. The summed E-state index contributed by atoms with van der Waals surface area (Å²) in [6.45, 7) is 2.51. The molecular formula is C28H38N6O3. The molecule has 37 heavy (non-hydrogen) atoms. The third kappa shape index (κ3) is 5.25. The fraction of sp³-hybridized carbons (Fsp3) is 0.607. The van der Waals surface area contributed by atoms with E-state index >= 15 is 0 Å². The lowest BCUT2D eigenvalue weighted by Crippen LogP contribution is -2.49. The Bertz CT molecular complexity index is 1140. The Balaban J connectivity index is 1.11. The standard InChI is InChI=1S/C28H38N6O3/c35-21-6-5-18-12-22(29-16-19(18)11-21)24(36)17-30-26(37)23-13-25(31-20-14-28(15-20)7-4-8-28)33-27(32-23)34-9-2-1-3-10-34/h5-6,11,13,20,22,24,29,35-36H,1-4,7-10,12,14-17H2,(H,30,37)(H,31,32,33)/t22-,24?/m0/s1. The smallest absolute Gasteiger partial charge is 0.270 e. The fourth-order valence-electron chi connectivity index (χ4n) is 6.47. The van der Waals surface area contributed by atoms with Gasteiger partial charge in [-0.05, 0) is 80.0 Å². The van der Waals surface area contributed by atoms with Gasteiger partial charge >= 0.3 is 0 Å². The van der Waals surface area contributed by atoms with Gasteiger partial charge < -0.3 is 31.1 Å². The third-order valence-corrected chi connectivity index (χ3v) is 8.83. The van der Waals surface area contributed by atoms with Gasteiger partial charge in [0, 0.05) is 44.3 Å². The summed E-state index contributed by atoms with van der Waals surface area (Å²) in [6.07, 6.45) is 9.71. The van der Waals surface area contributed by atoms with Crippen LogP contribution in [-0.2, 0) is 13.0 Å². The summed E-state index contributed by atoms with van der Waals surface area (Å²) in [5, 5.41) is 30.3. The van der Waals surface area contributed by atoms with E-state index in [0.717, 1.165) is 37.1 Å². The Hall–Kier alpha value is -2.91. The van der Waals surface area contributed by atoms with Gasteiger partial charge in [-0.2, -0.15) is 4.98 Å². The average molecular weight is 507 g/mol. The average Bonchev–Trinajstić information content (AvgIpc) is 2.87. The second kappa shape index (κ2) is 10.1. The van der Waals surface area contributed by atoms with Crippen molar-refractivity contribution in [3.8, 4) is 5.75 Å². The third-order valence-electron chi connectivity index (χ3n) is 8.83. The van der Waals surface area contributed by atoms with E-state index in [1.54, 1.807) is 18.2 Å². The molecule has 198 valence electrons. The first-order valence-electron chi connectivity index (χ1n) is 13.9. The van der Waals surface area contributed by atoms with Gasteiger partial charge in [-0.1, -0.05) is 12.5 Å². The predicted molar refractivity (Wildman–Crippen MR) is 142 cm³/mol. The van der Waals surface area contributed by atoms with Crippen LogP contribution >= 0.6 is 0 Å². The molecule has 1 aromatic heterocycles. The largest absolute Gasteiger partial charge is 0.508 e. The number of rotatable bonds is 7. The number of aliphatic hydroxyl groups excluding tert-OH is 1. The van der Waals surface area contributed by atoms with Gasteiger partial charge in [-0.25, -0.2) is 4.98 Å². The number of aliphatic hydroxyl groups is 1. The second-order valence-electron chi connectivity index (χ2n) is 11.5. The molecule has 2 aliphatic carbocycles. The zero-order chi connectivity index (χ0) is 25.4. The Morgan fingerprint density at radius 2 is 1.92 bits per heavy atom. The minimum Gasteiger partial charge on any atom is -0.508 e. The Morgan fingerprint density at radius 1 is 1.11 bits per heavy atom. The van der Waals surface area contributed by atoms with Crippen LogP contribution in [-0.4, -0.2) is 63.9 Å². The molecule has 1 spiro atoms. The molecule has 3 fully saturated rings. The molecule has 1 aromatic carbocycles. The number of hydrogen-bond donors (Lipinski definition) is 5. The summed E-state index contributed by atoms with van der Waals surface area (Å²) >= 11 is 0. The summed E-state index contributed by atoms with van der Waals surface area (Å²) in [4.78, 5) is 24.8. The number of carbonyl (C=O) groups excluding carboxylic acids is 1. The summed E-state index contributed by atoms with van der Waals surface area (Å²) in [6, 6.07) is 7.30. The van der Waals surface area contributed by atoms with E-state index in [4.69, 9.17) is 4.98 Å². The van der Waals surface area contributed by atoms with E-state index in [2.05, 4.69) is 25.8 Å². The van der Waals surface area contributed by atoms with Crippen molar-refractivity contribution in [2.45, 2.75) is 82.5 Å².